The van der Waals surface area contributed by atoms with Gasteiger partial charge in [-0.25, -0.2) is 0 Å². The summed E-state index contributed by atoms with van der Waals surface area (Å²) in [6.07, 6.45) is -1.34. The molecule has 1 aromatic rings. The zero-order valence-electron chi connectivity index (χ0n) is 10.4. The Labute approximate surface area is 109 Å². The fourth-order valence-corrected chi connectivity index (χ4v) is 3.28. The van der Waals surface area contributed by atoms with Crippen molar-refractivity contribution < 1.29 is 17.9 Å². The second-order valence-corrected chi connectivity index (χ2v) is 5.60. The first-order chi connectivity index (χ1) is 8.94. The third-order valence-electron chi connectivity index (χ3n) is 4.29. The van der Waals surface area contributed by atoms with Gasteiger partial charge in [-0.15, -0.1) is 13.2 Å². The van der Waals surface area contributed by atoms with E-state index in [1.165, 1.54) is 18.6 Å². The molecule has 3 atom stereocenters. The van der Waals surface area contributed by atoms with Crippen molar-refractivity contribution in [1.29, 1.82) is 0 Å². The van der Waals surface area contributed by atoms with Crippen LogP contribution in [0.1, 0.15) is 30.9 Å². The van der Waals surface area contributed by atoms with Crippen molar-refractivity contribution in [3.05, 3.63) is 29.8 Å². The summed E-state index contributed by atoms with van der Waals surface area (Å²) in [5.74, 6) is 1.63. The molecule has 2 fully saturated rings. The van der Waals surface area contributed by atoms with E-state index in [0.29, 0.717) is 5.56 Å². The normalized spacial score (nSPS) is 30.8. The topological polar surface area (TPSA) is 35.2 Å². The summed E-state index contributed by atoms with van der Waals surface area (Å²) in [4.78, 5) is 0. The molecule has 19 heavy (non-hydrogen) atoms. The quantitative estimate of drug-likeness (QED) is 0.911. The summed E-state index contributed by atoms with van der Waals surface area (Å²) in [5.41, 5.74) is 6.62. The lowest BCUT2D eigenvalue weighted by atomic mass is 9.89. The fraction of sp³-hybridized carbons (Fsp3) is 0.571. The van der Waals surface area contributed by atoms with Crippen LogP contribution in [0.15, 0.2) is 24.3 Å². The average molecular weight is 271 g/mol. The van der Waals surface area contributed by atoms with E-state index < -0.39 is 6.36 Å². The summed E-state index contributed by atoms with van der Waals surface area (Å²) in [7, 11) is 0. The predicted molar refractivity (Wildman–Crippen MR) is 64.4 cm³/mol. The third-order valence-corrected chi connectivity index (χ3v) is 4.29. The Balaban J connectivity index is 1.79. The summed E-state index contributed by atoms with van der Waals surface area (Å²) >= 11 is 0. The van der Waals surface area contributed by atoms with Crippen molar-refractivity contribution in [2.45, 2.75) is 31.7 Å². The molecule has 0 heterocycles. The molecule has 1 aromatic carbocycles. The SMILES string of the molecule is NC(c1ccccc1OC(F)(F)F)C1CC2CC2C1. The molecule has 0 amide bonds. The lowest BCUT2D eigenvalue weighted by Crippen LogP contribution is -2.24. The molecular weight excluding hydrogens is 255 g/mol. The van der Waals surface area contributed by atoms with Gasteiger partial charge in [-0.3, -0.25) is 0 Å². The molecule has 0 aromatic heterocycles. The van der Waals surface area contributed by atoms with Crippen LogP contribution < -0.4 is 10.5 Å². The number of alkyl halides is 3. The smallest absolute Gasteiger partial charge is 0.405 e. The number of rotatable bonds is 3. The first kappa shape index (κ1) is 12.8. The van der Waals surface area contributed by atoms with Crippen LogP contribution in [0.3, 0.4) is 0 Å². The van der Waals surface area contributed by atoms with Gasteiger partial charge in [0.1, 0.15) is 5.75 Å². The van der Waals surface area contributed by atoms with Gasteiger partial charge < -0.3 is 10.5 Å². The first-order valence-corrected chi connectivity index (χ1v) is 6.54. The second-order valence-electron chi connectivity index (χ2n) is 5.60. The monoisotopic (exact) mass is 271 g/mol. The zero-order chi connectivity index (χ0) is 13.6. The molecule has 3 unspecified atom stereocenters. The fourth-order valence-electron chi connectivity index (χ4n) is 3.28. The summed E-state index contributed by atoms with van der Waals surface area (Å²) in [6, 6.07) is 5.83. The Morgan fingerprint density at radius 3 is 2.37 bits per heavy atom. The molecule has 0 saturated heterocycles. The molecule has 2 nitrogen and oxygen atoms in total. The highest BCUT2D eigenvalue weighted by Gasteiger charge is 2.47. The molecule has 2 aliphatic rings. The maximum Gasteiger partial charge on any atom is 0.573 e. The molecule has 2 saturated carbocycles. The van der Waals surface area contributed by atoms with Gasteiger partial charge in [-0.05, 0) is 43.1 Å². The number of benzene rings is 1. The number of fused-ring (bicyclic) bond motifs is 1. The summed E-state index contributed by atoms with van der Waals surface area (Å²) in [5, 5.41) is 0. The lowest BCUT2D eigenvalue weighted by molar-refractivity contribution is -0.275. The Bertz CT molecular complexity index is 464. The third kappa shape index (κ3) is 2.71. The lowest BCUT2D eigenvalue weighted by Gasteiger charge is -2.23. The predicted octanol–water partition coefficient (Wildman–Crippen LogP) is 3.63. The van der Waals surface area contributed by atoms with Crippen LogP contribution in [0.5, 0.6) is 5.75 Å². The molecule has 3 rings (SSSR count). The van der Waals surface area contributed by atoms with E-state index in [1.54, 1.807) is 12.1 Å². The minimum atomic E-state index is -4.67. The average Bonchev–Trinajstić information content (AvgIpc) is 2.94. The number of nitrogens with two attached hydrogens (primary N) is 1. The molecule has 104 valence electrons. The van der Waals surface area contributed by atoms with Gasteiger partial charge in [0.2, 0.25) is 0 Å². The van der Waals surface area contributed by atoms with E-state index in [1.807, 2.05) is 0 Å². The van der Waals surface area contributed by atoms with Gasteiger partial charge in [-0.2, -0.15) is 0 Å². The van der Waals surface area contributed by atoms with Crippen LogP contribution in [-0.2, 0) is 0 Å². The van der Waals surface area contributed by atoms with Crippen LogP contribution in [0.2, 0.25) is 0 Å². The van der Waals surface area contributed by atoms with Crippen LogP contribution in [0.25, 0.3) is 0 Å². The minimum Gasteiger partial charge on any atom is -0.405 e. The van der Waals surface area contributed by atoms with E-state index in [2.05, 4.69) is 4.74 Å². The molecule has 0 aliphatic heterocycles. The standard InChI is InChI=1S/C14H16F3NO/c15-14(16,17)19-12-4-2-1-3-11(12)13(18)10-6-8-5-9(8)7-10/h1-4,8-10,13H,5-7,18H2. The highest BCUT2D eigenvalue weighted by atomic mass is 19.4. The van der Waals surface area contributed by atoms with Crippen molar-refractivity contribution in [3.8, 4) is 5.75 Å². The van der Waals surface area contributed by atoms with E-state index >= 15 is 0 Å². The van der Waals surface area contributed by atoms with Crippen LogP contribution in [0.4, 0.5) is 13.2 Å². The maximum absolute atomic E-state index is 12.4. The first-order valence-electron chi connectivity index (χ1n) is 6.54. The number of hydrogen-bond acceptors (Lipinski definition) is 2. The van der Waals surface area contributed by atoms with Gasteiger partial charge >= 0.3 is 6.36 Å². The Kier molecular flexibility index (Phi) is 2.96. The van der Waals surface area contributed by atoms with Crippen molar-refractivity contribution in [1.82, 2.24) is 0 Å². The molecular formula is C14H16F3NO. The van der Waals surface area contributed by atoms with Crippen molar-refractivity contribution in [2.75, 3.05) is 0 Å². The second kappa shape index (κ2) is 4.40. The van der Waals surface area contributed by atoms with Crippen LogP contribution in [-0.4, -0.2) is 6.36 Å². The molecule has 2 aliphatic carbocycles. The Hall–Kier alpha value is -1.23. The highest BCUT2D eigenvalue weighted by molar-refractivity contribution is 5.36. The van der Waals surface area contributed by atoms with Gasteiger partial charge in [-0.1, -0.05) is 18.2 Å². The van der Waals surface area contributed by atoms with E-state index in [9.17, 15) is 13.2 Å². The van der Waals surface area contributed by atoms with Crippen molar-refractivity contribution >= 4 is 0 Å². The molecule has 2 N–H and O–H groups in total. The minimum absolute atomic E-state index is 0.164. The highest BCUT2D eigenvalue weighted by Crippen LogP contribution is 2.57. The Morgan fingerprint density at radius 2 is 1.74 bits per heavy atom. The zero-order valence-corrected chi connectivity index (χ0v) is 10.4. The van der Waals surface area contributed by atoms with E-state index in [0.717, 1.165) is 24.7 Å². The van der Waals surface area contributed by atoms with Gasteiger partial charge in [0.15, 0.2) is 0 Å². The van der Waals surface area contributed by atoms with Gasteiger partial charge in [0, 0.05) is 11.6 Å². The van der Waals surface area contributed by atoms with Gasteiger partial charge in [0.05, 0.1) is 0 Å². The molecule has 0 bridgehead atoms. The summed E-state index contributed by atoms with van der Waals surface area (Å²) in [6.45, 7) is 0. The van der Waals surface area contributed by atoms with E-state index in [-0.39, 0.29) is 17.7 Å². The van der Waals surface area contributed by atoms with Gasteiger partial charge in [0.25, 0.3) is 0 Å². The molecule has 0 radical (unpaired) electrons. The van der Waals surface area contributed by atoms with Crippen molar-refractivity contribution in [3.63, 3.8) is 0 Å². The number of para-hydroxylation sites is 1. The number of ether oxygens (including phenoxy) is 1. The molecule has 5 heteroatoms. The molecule has 0 spiro atoms. The number of hydrogen-bond donors (Lipinski definition) is 1. The Morgan fingerprint density at radius 1 is 1.11 bits per heavy atom. The van der Waals surface area contributed by atoms with E-state index in [4.69, 9.17) is 5.73 Å². The van der Waals surface area contributed by atoms with Crippen LogP contribution >= 0.6 is 0 Å². The van der Waals surface area contributed by atoms with Crippen molar-refractivity contribution in [2.24, 2.45) is 23.5 Å². The largest absolute Gasteiger partial charge is 0.573 e. The van der Waals surface area contributed by atoms with Crippen LogP contribution in [0, 0.1) is 17.8 Å². The number of halogens is 3. The maximum atomic E-state index is 12.4. The summed E-state index contributed by atoms with van der Waals surface area (Å²) < 4.78 is 41.2.